The van der Waals surface area contributed by atoms with Crippen molar-refractivity contribution >= 4 is 20.5 Å². The maximum atomic E-state index is 11.8. The monoisotopic (exact) mass is 451 g/mol. The van der Waals surface area contributed by atoms with Gasteiger partial charge in [0.2, 0.25) is 0 Å². The van der Waals surface area contributed by atoms with Gasteiger partial charge in [0.1, 0.15) is 0 Å². The van der Waals surface area contributed by atoms with Crippen molar-refractivity contribution in [3.8, 4) is 0 Å². The Morgan fingerprint density at radius 2 is 2.07 bits per heavy atom. The van der Waals surface area contributed by atoms with Gasteiger partial charge in [0.05, 0.1) is 0 Å². The van der Waals surface area contributed by atoms with Crippen LogP contribution in [0.25, 0.3) is 10.4 Å². The molecule has 1 N–H and O–H groups in total. The molecule has 0 amide bonds. The maximum absolute atomic E-state index is 11.8. The van der Waals surface area contributed by atoms with Crippen LogP contribution in [-0.2, 0) is 31.4 Å². The van der Waals surface area contributed by atoms with Crippen LogP contribution in [0.4, 0.5) is 0 Å². The van der Waals surface area contributed by atoms with Gasteiger partial charge in [0, 0.05) is 0 Å². The van der Waals surface area contributed by atoms with Crippen LogP contribution in [0.2, 0.25) is 0 Å². The summed E-state index contributed by atoms with van der Waals surface area (Å²) >= 11 is -0.157. The third-order valence-corrected chi connectivity index (χ3v) is 6.55. The van der Waals surface area contributed by atoms with Crippen molar-refractivity contribution in [1.29, 1.82) is 0 Å². The van der Waals surface area contributed by atoms with Gasteiger partial charge in [-0.1, -0.05) is 0 Å². The van der Waals surface area contributed by atoms with Gasteiger partial charge in [0.15, 0.2) is 0 Å². The van der Waals surface area contributed by atoms with E-state index in [0.29, 0.717) is 4.44 Å². The molecule has 1 fully saturated rings. The summed E-state index contributed by atoms with van der Waals surface area (Å²) in [5.41, 5.74) is 10.0. The van der Waals surface area contributed by atoms with Crippen LogP contribution >= 0.6 is 0 Å². The molecule has 1 aromatic carbocycles. The van der Waals surface area contributed by atoms with Gasteiger partial charge < -0.3 is 0 Å². The van der Waals surface area contributed by atoms with Crippen LogP contribution in [0.3, 0.4) is 0 Å². The number of benzene rings is 1. The SMILES string of the molecule is CC(=O)O[C@H]1[C@@H](OCc2ccccc2)[C@@H](C)O[C@@](O)(c2ccc[se]2)[C@@H]1N=[N+]=[N-]. The van der Waals surface area contributed by atoms with Crippen LogP contribution in [0.15, 0.2) is 52.5 Å². The number of rotatable bonds is 6. The fourth-order valence-corrected chi connectivity index (χ4v) is 4.97. The van der Waals surface area contributed by atoms with Gasteiger partial charge in [-0.2, -0.15) is 0 Å². The predicted octanol–water partition coefficient (Wildman–Crippen LogP) is 2.50. The standard InChI is InChI=1S/C19H21N3O5Se/c1-12-16(25-11-14-7-4-3-5-8-14)17(26-13(2)23)18(21-22-20)19(24,27-12)15-9-6-10-28-15/h3-10,12,16-18,24H,11H2,1-2H3/t12-,16+,17+,18-,19+/m1/s1. The van der Waals surface area contributed by atoms with Crippen LogP contribution in [-0.4, -0.2) is 49.9 Å². The second-order valence-electron chi connectivity index (χ2n) is 6.48. The van der Waals surface area contributed by atoms with E-state index in [4.69, 9.17) is 19.7 Å². The van der Waals surface area contributed by atoms with E-state index < -0.39 is 36.1 Å². The van der Waals surface area contributed by atoms with E-state index in [0.717, 1.165) is 5.56 Å². The molecule has 2 heterocycles. The number of carbonyl (C=O) groups is 1. The number of aliphatic hydroxyl groups is 1. The summed E-state index contributed by atoms with van der Waals surface area (Å²) in [4.78, 5) is 16.5. The molecule has 5 atom stereocenters. The molecule has 0 radical (unpaired) electrons. The first-order valence-corrected chi connectivity index (χ1v) is 10.6. The second-order valence-corrected chi connectivity index (χ2v) is 8.47. The van der Waals surface area contributed by atoms with Crippen molar-refractivity contribution in [3.63, 3.8) is 0 Å². The van der Waals surface area contributed by atoms with Crippen molar-refractivity contribution in [3.05, 3.63) is 67.8 Å². The van der Waals surface area contributed by atoms with E-state index >= 15 is 0 Å². The molecule has 1 aliphatic heterocycles. The van der Waals surface area contributed by atoms with Crippen molar-refractivity contribution in [1.82, 2.24) is 0 Å². The van der Waals surface area contributed by atoms with Gasteiger partial charge in [-0.3, -0.25) is 0 Å². The van der Waals surface area contributed by atoms with E-state index in [9.17, 15) is 9.90 Å². The summed E-state index contributed by atoms with van der Waals surface area (Å²) in [7, 11) is 0. The number of hydrogen-bond donors (Lipinski definition) is 1. The number of azide groups is 1. The van der Waals surface area contributed by atoms with E-state index in [1.807, 2.05) is 41.3 Å². The average molecular weight is 450 g/mol. The average Bonchev–Trinajstić information content (AvgIpc) is 3.20. The number of nitrogens with zero attached hydrogens (tertiary/aromatic N) is 3. The van der Waals surface area contributed by atoms with Gasteiger partial charge in [-0.15, -0.1) is 0 Å². The zero-order valence-electron chi connectivity index (χ0n) is 15.5. The summed E-state index contributed by atoms with van der Waals surface area (Å²) in [6.07, 6.45) is -2.33. The van der Waals surface area contributed by atoms with Crippen LogP contribution < -0.4 is 0 Å². The molecule has 148 valence electrons. The molecule has 9 heteroatoms. The van der Waals surface area contributed by atoms with Gasteiger partial charge in [-0.05, 0) is 0 Å². The molecule has 0 spiro atoms. The molecule has 3 rings (SSSR count). The Hall–Kier alpha value is -2.12. The van der Waals surface area contributed by atoms with E-state index in [1.54, 1.807) is 13.0 Å². The molecule has 1 saturated heterocycles. The molecular weight excluding hydrogens is 429 g/mol. The first kappa shape index (κ1) is 20.6. The first-order chi connectivity index (χ1) is 13.5. The molecule has 1 aliphatic rings. The van der Waals surface area contributed by atoms with Crippen LogP contribution in [0.1, 0.15) is 23.8 Å². The first-order valence-electron chi connectivity index (χ1n) is 8.77. The summed E-state index contributed by atoms with van der Waals surface area (Å²) in [6.45, 7) is 3.26. The zero-order chi connectivity index (χ0) is 20.1. The molecule has 8 nitrogen and oxygen atoms in total. The number of ether oxygens (including phenoxy) is 3. The quantitative estimate of drug-likeness (QED) is 0.239. The van der Waals surface area contributed by atoms with Gasteiger partial charge in [0.25, 0.3) is 0 Å². The molecule has 0 saturated carbocycles. The molecule has 2 aromatic rings. The van der Waals surface area contributed by atoms with Gasteiger partial charge >= 0.3 is 168 Å². The van der Waals surface area contributed by atoms with Crippen molar-refractivity contribution in [2.75, 3.05) is 0 Å². The Morgan fingerprint density at radius 1 is 1.32 bits per heavy atom. The predicted molar refractivity (Wildman–Crippen MR) is 101 cm³/mol. The van der Waals surface area contributed by atoms with Crippen LogP contribution in [0, 0.1) is 0 Å². The minimum atomic E-state index is -1.86. The van der Waals surface area contributed by atoms with E-state index in [2.05, 4.69) is 10.0 Å². The molecular formula is C19H21N3O5Se. The van der Waals surface area contributed by atoms with Crippen molar-refractivity contribution in [2.24, 2.45) is 5.11 Å². The molecule has 28 heavy (non-hydrogen) atoms. The Labute approximate surface area is 168 Å². The molecule has 0 unspecified atom stereocenters. The second kappa shape index (κ2) is 8.92. The van der Waals surface area contributed by atoms with E-state index in [-0.39, 0.29) is 21.1 Å². The Morgan fingerprint density at radius 3 is 2.68 bits per heavy atom. The van der Waals surface area contributed by atoms with Crippen molar-refractivity contribution < 1.29 is 24.1 Å². The summed E-state index contributed by atoms with van der Waals surface area (Å²) in [5, 5.41) is 15.0. The normalized spacial score (nSPS) is 29.7. The van der Waals surface area contributed by atoms with E-state index in [1.165, 1.54) is 6.92 Å². The molecule has 0 aliphatic carbocycles. The van der Waals surface area contributed by atoms with Crippen LogP contribution in [0.5, 0.6) is 0 Å². The fourth-order valence-electron chi connectivity index (χ4n) is 3.30. The summed E-state index contributed by atoms with van der Waals surface area (Å²) in [5.74, 6) is -2.42. The summed E-state index contributed by atoms with van der Waals surface area (Å²) in [6, 6.07) is 11.9. The number of carbonyl (C=O) groups excluding carboxylic acids is 1. The third-order valence-electron chi connectivity index (χ3n) is 4.50. The molecule has 0 bridgehead atoms. The minimum absolute atomic E-state index is 0.157. The molecule has 1 aromatic heterocycles. The number of hydrogen-bond acceptors (Lipinski definition) is 6. The van der Waals surface area contributed by atoms with Gasteiger partial charge in [-0.25, -0.2) is 0 Å². The Balaban J connectivity index is 1.93. The Bertz CT molecular complexity index is 841. The summed E-state index contributed by atoms with van der Waals surface area (Å²) < 4.78 is 18.0. The topological polar surface area (TPSA) is 114 Å². The zero-order valence-corrected chi connectivity index (χ0v) is 17.2. The third kappa shape index (κ3) is 4.31. The number of esters is 1. The Kier molecular flexibility index (Phi) is 6.57. The fraction of sp³-hybridized carbons (Fsp3) is 0.421. The van der Waals surface area contributed by atoms with Crippen molar-refractivity contribution in [2.45, 2.75) is 50.6 Å².